The summed E-state index contributed by atoms with van der Waals surface area (Å²) in [5, 5.41) is 0. The van der Waals surface area contributed by atoms with Gasteiger partial charge < -0.3 is 19.1 Å². The van der Waals surface area contributed by atoms with E-state index in [-0.39, 0.29) is 37.9 Å². The molecule has 2 bridgehead atoms. The summed E-state index contributed by atoms with van der Waals surface area (Å²) in [6.07, 6.45) is 1.64. The predicted molar refractivity (Wildman–Crippen MR) is 85.5 cm³/mol. The van der Waals surface area contributed by atoms with Crippen molar-refractivity contribution in [3.8, 4) is 0 Å². The van der Waals surface area contributed by atoms with Crippen molar-refractivity contribution in [3.63, 3.8) is 0 Å². The third kappa shape index (κ3) is 1.69. The summed E-state index contributed by atoms with van der Waals surface area (Å²) in [5.74, 6) is -2.48. The fourth-order valence-corrected chi connectivity index (χ4v) is 5.53. The molecule has 8 heteroatoms. The van der Waals surface area contributed by atoms with E-state index in [9.17, 15) is 19.2 Å². The molecule has 142 valence electrons. The van der Waals surface area contributed by atoms with E-state index in [2.05, 4.69) is 0 Å². The normalized spacial score (nSPS) is 40.4. The first-order chi connectivity index (χ1) is 12.4. The Morgan fingerprint density at radius 1 is 1.19 bits per heavy atom. The lowest BCUT2D eigenvalue weighted by Gasteiger charge is -2.56. The molecule has 4 heterocycles. The van der Waals surface area contributed by atoms with Crippen LogP contribution in [0.3, 0.4) is 0 Å². The number of ketones is 1. The van der Waals surface area contributed by atoms with Crippen LogP contribution < -0.4 is 0 Å². The molecule has 4 aliphatic rings. The van der Waals surface area contributed by atoms with E-state index >= 15 is 0 Å². The number of fused-ring (bicyclic) bond motifs is 1. The largest absolute Gasteiger partial charge is 0.465 e. The van der Waals surface area contributed by atoms with Crippen molar-refractivity contribution in [2.75, 3.05) is 19.8 Å². The molecular weight excluding hydrogens is 342 g/mol. The van der Waals surface area contributed by atoms with Gasteiger partial charge in [0.1, 0.15) is 0 Å². The van der Waals surface area contributed by atoms with Gasteiger partial charge in [0.05, 0.1) is 13.2 Å². The molecule has 0 aromatic heterocycles. The lowest BCUT2D eigenvalue weighted by Crippen LogP contribution is -2.73. The molecule has 4 fully saturated rings. The number of rotatable bonds is 4. The molecule has 1 spiro atoms. The number of piperidine rings is 2. The molecule has 0 unspecified atom stereocenters. The third-order valence-corrected chi connectivity index (χ3v) is 6.35. The molecule has 0 saturated carbocycles. The molecule has 8 nitrogen and oxygen atoms in total. The first kappa shape index (κ1) is 17.5. The molecule has 0 aromatic carbocycles. The monoisotopic (exact) mass is 365 g/mol. The van der Waals surface area contributed by atoms with Crippen LogP contribution in [-0.2, 0) is 33.4 Å². The maximum Gasteiger partial charge on any atom is 0.346 e. The fourth-order valence-electron chi connectivity index (χ4n) is 5.53. The average Bonchev–Trinajstić information content (AvgIpc) is 3.08. The lowest BCUT2D eigenvalue weighted by atomic mass is 9.55. The quantitative estimate of drug-likeness (QED) is 0.530. The number of nitrogens with zero attached hydrogens (tertiary/aromatic N) is 1. The van der Waals surface area contributed by atoms with Crippen molar-refractivity contribution in [2.45, 2.75) is 57.3 Å². The van der Waals surface area contributed by atoms with Crippen LogP contribution in [0.4, 0.5) is 0 Å². The zero-order valence-corrected chi connectivity index (χ0v) is 15.0. The van der Waals surface area contributed by atoms with Crippen LogP contribution in [-0.4, -0.2) is 59.6 Å². The van der Waals surface area contributed by atoms with Crippen molar-refractivity contribution in [1.29, 1.82) is 0 Å². The predicted octanol–water partition coefficient (Wildman–Crippen LogP) is 0.570. The maximum absolute atomic E-state index is 13.5. The molecule has 4 atom stereocenters. The second-order valence-electron chi connectivity index (χ2n) is 7.39. The van der Waals surface area contributed by atoms with Gasteiger partial charge in [0.15, 0.2) is 16.9 Å². The summed E-state index contributed by atoms with van der Waals surface area (Å²) in [7, 11) is 0. The highest BCUT2D eigenvalue weighted by atomic mass is 16.6. The first-order valence-electron chi connectivity index (χ1n) is 9.30. The van der Waals surface area contributed by atoms with Gasteiger partial charge in [0.2, 0.25) is 11.5 Å². The van der Waals surface area contributed by atoms with Gasteiger partial charge >= 0.3 is 11.9 Å². The lowest BCUT2D eigenvalue weighted by molar-refractivity contribution is -0.236. The summed E-state index contributed by atoms with van der Waals surface area (Å²) in [4.78, 5) is 53.5. The molecule has 4 rings (SSSR count). The Bertz CT molecular complexity index is 706. The molecule has 0 aromatic rings. The summed E-state index contributed by atoms with van der Waals surface area (Å²) in [6.45, 7) is 3.93. The molecule has 26 heavy (non-hydrogen) atoms. The Morgan fingerprint density at radius 3 is 2.58 bits per heavy atom. The van der Waals surface area contributed by atoms with Gasteiger partial charge in [-0.1, -0.05) is 0 Å². The number of hydrogen-bond acceptors (Lipinski definition) is 7. The Hall–Kier alpha value is -1.96. The average molecular weight is 365 g/mol. The van der Waals surface area contributed by atoms with Crippen LogP contribution in [0.2, 0.25) is 0 Å². The summed E-state index contributed by atoms with van der Waals surface area (Å²) in [6, 6.07) is 0. The third-order valence-electron chi connectivity index (χ3n) is 6.35. The second kappa shape index (κ2) is 5.52. The maximum atomic E-state index is 13.5. The molecule has 0 aliphatic carbocycles. The molecule has 0 N–H and O–H groups in total. The molecule has 4 saturated heterocycles. The Labute approximate surface area is 151 Å². The van der Waals surface area contributed by atoms with E-state index in [0.29, 0.717) is 25.8 Å². The zero-order chi connectivity index (χ0) is 18.7. The van der Waals surface area contributed by atoms with Crippen molar-refractivity contribution >= 4 is 23.6 Å². The zero-order valence-electron chi connectivity index (χ0n) is 15.0. The Morgan fingerprint density at radius 2 is 1.88 bits per heavy atom. The first-order valence-corrected chi connectivity index (χ1v) is 9.30. The highest BCUT2D eigenvalue weighted by molar-refractivity contribution is 6.21. The van der Waals surface area contributed by atoms with Crippen molar-refractivity contribution in [1.82, 2.24) is 4.90 Å². The number of carbonyl (C=O) groups is 4. The van der Waals surface area contributed by atoms with Crippen molar-refractivity contribution in [3.05, 3.63) is 0 Å². The van der Waals surface area contributed by atoms with Crippen molar-refractivity contribution < 1.29 is 33.4 Å². The summed E-state index contributed by atoms with van der Waals surface area (Å²) >= 11 is 0. The van der Waals surface area contributed by atoms with Gasteiger partial charge in [0.25, 0.3) is 0 Å². The van der Waals surface area contributed by atoms with Crippen LogP contribution >= 0.6 is 0 Å². The van der Waals surface area contributed by atoms with E-state index in [1.807, 2.05) is 0 Å². The minimum Gasteiger partial charge on any atom is -0.465 e. The number of esters is 2. The highest BCUT2D eigenvalue weighted by Crippen LogP contribution is 2.68. The van der Waals surface area contributed by atoms with Crippen LogP contribution in [0.1, 0.15) is 46.0 Å². The van der Waals surface area contributed by atoms with Crippen LogP contribution in [0, 0.1) is 11.3 Å². The van der Waals surface area contributed by atoms with E-state index < -0.39 is 34.5 Å². The van der Waals surface area contributed by atoms with Gasteiger partial charge in [-0.15, -0.1) is 0 Å². The standard InChI is InChI=1S/C18H23NO7/c1-3-24-14(22)16-8-5-9-19-12(20)7-6-11-10-17(13(16)21,15(23)25-4-2)26-18(11,16)19/h11H,3-10H2,1-2H3/t11-,16+,17+,18-/m0/s1. The summed E-state index contributed by atoms with van der Waals surface area (Å²) < 4.78 is 16.6. The van der Waals surface area contributed by atoms with Gasteiger partial charge in [0, 0.05) is 25.3 Å². The Kier molecular flexibility index (Phi) is 3.70. The highest BCUT2D eigenvalue weighted by Gasteiger charge is 2.87. The smallest absolute Gasteiger partial charge is 0.346 e. The number of amides is 1. The molecule has 4 aliphatic heterocycles. The number of ether oxygens (including phenoxy) is 3. The molecular formula is C18H23NO7. The van der Waals surface area contributed by atoms with E-state index in [0.717, 1.165) is 0 Å². The molecule has 1 amide bonds. The van der Waals surface area contributed by atoms with Crippen LogP contribution in [0.15, 0.2) is 0 Å². The van der Waals surface area contributed by atoms with Gasteiger partial charge in [-0.3, -0.25) is 14.4 Å². The van der Waals surface area contributed by atoms with Crippen LogP contribution in [0.25, 0.3) is 0 Å². The van der Waals surface area contributed by atoms with Gasteiger partial charge in [-0.05, 0) is 33.1 Å². The Balaban J connectivity index is 1.92. The molecule has 0 radical (unpaired) electrons. The number of hydrogen-bond donors (Lipinski definition) is 0. The van der Waals surface area contributed by atoms with E-state index in [1.54, 1.807) is 13.8 Å². The van der Waals surface area contributed by atoms with E-state index in [4.69, 9.17) is 14.2 Å². The van der Waals surface area contributed by atoms with Crippen LogP contribution in [0.5, 0.6) is 0 Å². The SMILES string of the molecule is CCOC(=O)[C@@]12C[C@@H]3CCC(=O)N4CCC[C@](C(=O)OCC)(C1=O)[C@@]34O2. The number of carbonyl (C=O) groups excluding carboxylic acids is 4. The van der Waals surface area contributed by atoms with Crippen molar-refractivity contribution in [2.24, 2.45) is 11.3 Å². The topological polar surface area (TPSA) is 99.2 Å². The minimum absolute atomic E-state index is 0.101. The summed E-state index contributed by atoms with van der Waals surface area (Å²) in [5.41, 5.74) is -4.88. The fraction of sp³-hybridized carbons (Fsp3) is 0.778. The van der Waals surface area contributed by atoms with Gasteiger partial charge in [-0.25, -0.2) is 4.79 Å². The minimum atomic E-state index is -1.82. The number of Topliss-reactive ketones (excluding diaryl/α,β-unsaturated/α-hetero) is 1. The van der Waals surface area contributed by atoms with Gasteiger partial charge in [-0.2, -0.15) is 0 Å². The second-order valence-corrected chi connectivity index (χ2v) is 7.39. The van der Waals surface area contributed by atoms with E-state index in [1.165, 1.54) is 4.90 Å².